The predicted octanol–water partition coefficient (Wildman–Crippen LogP) is 4.80. The standard InChI is InChI=1S/C7H15.Al.3BrH/c1-4-6-7(3)5-2;;;;/h7H,2,4-6H2,1,3H3;;3*1H/q;+3;;;/p-3. The summed E-state index contributed by atoms with van der Waals surface area (Å²) in [5.74, 6) is 0.838. The van der Waals surface area contributed by atoms with Crippen LogP contribution in [0.15, 0.2) is 0 Å². The Bertz CT molecular complexity index is 66.0. The summed E-state index contributed by atoms with van der Waals surface area (Å²) in [5.41, 5.74) is 0. The van der Waals surface area contributed by atoms with Crippen LogP contribution in [0.2, 0.25) is 0 Å². The Balaban J connectivity index is 0. The molecule has 1 radical (unpaired) electrons. The molecule has 0 aromatic carbocycles. The maximum absolute atomic E-state index is 3.80. The van der Waals surface area contributed by atoms with Gasteiger partial charge in [0.25, 0.3) is 0 Å². The summed E-state index contributed by atoms with van der Waals surface area (Å²) in [5, 5.41) is 0. The van der Waals surface area contributed by atoms with Gasteiger partial charge in [0.1, 0.15) is 0 Å². The second-order valence-electron chi connectivity index (χ2n) is 2.43. The van der Waals surface area contributed by atoms with Crippen molar-refractivity contribution in [1.29, 1.82) is 0 Å². The van der Waals surface area contributed by atoms with Gasteiger partial charge in [-0.1, -0.05) is 40.0 Å². The Morgan fingerprint density at radius 3 is 1.82 bits per heavy atom. The molecule has 0 saturated carbocycles. The second-order valence-corrected chi connectivity index (χ2v) is 22.2. The van der Waals surface area contributed by atoms with Crippen molar-refractivity contribution in [2.75, 3.05) is 0 Å². The fraction of sp³-hybridized carbons (Fsp3) is 0.857. The van der Waals surface area contributed by atoms with Crippen molar-refractivity contribution in [3.8, 4) is 0 Å². The van der Waals surface area contributed by atoms with E-state index in [1.165, 1.54) is 12.8 Å². The van der Waals surface area contributed by atoms with Crippen molar-refractivity contribution < 1.29 is 0 Å². The van der Waals surface area contributed by atoms with E-state index in [1.807, 2.05) is 0 Å². The van der Waals surface area contributed by atoms with E-state index in [4.69, 9.17) is 0 Å². The molecule has 0 fully saturated rings. The average Bonchev–Trinajstić information content (AvgIpc) is 1.87. The summed E-state index contributed by atoms with van der Waals surface area (Å²) in [6, 6.07) is 0. The lowest BCUT2D eigenvalue weighted by Crippen LogP contribution is -1.88. The van der Waals surface area contributed by atoms with Crippen molar-refractivity contribution in [3.05, 3.63) is 6.92 Å². The van der Waals surface area contributed by atoms with Gasteiger partial charge in [-0.05, 0) is 5.92 Å². The monoisotopic (exact) mass is 363 g/mol. The van der Waals surface area contributed by atoms with Gasteiger partial charge in [0.15, 0.2) is 0 Å². The molecular formula is C7H15AlBr3. The van der Waals surface area contributed by atoms with Gasteiger partial charge in [-0.25, -0.2) is 0 Å². The zero-order valence-electron chi connectivity index (χ0n) is 7.12. The lowest BCUT2D eigenvalue weighted by molar-refractivity contribution is 0.530. The van der Waals surface area contributed by atoms with Gasteiger partial charge < -0.3 is 0 Å². The van der Waals surface area contributed by atoms with Gasteiger partial charge in [0.05, 0.1) is 0 Å². The molecule has 0 bridgehead atoms. The summed E-state index contributed by atoms with van der Waals surface area (Å²) in [6.45, 7) is 8.27. The van der Waals surface area contributed by atoms with Crippen LogP contribution < -0.4 is 0 Å². The Kier molecular flexibility index (Phi) is 16.8. The third kappa shape index (κ3) is 24.5. The van der Waals surface area contributed by atoms with Crippen molar-refractivity contribution in [3.63, 3.8) is 0 Å². The quantitative estimate of drug-likeness (QED) is 0.630. The third-order valence-corrected chi connectivity index (χ3v) is 1.27. The van der Waals surface area contributed by atoms with Crippen LogP contribution in [0, 0.1) is 12.8 Å². The number of rotatable bonds is 3. The van der Waals surface area contributed by atoms with Crippen LogP contribution in [0.3, 0.4) is 0 Å². The summed E-state index contributed by atoms with van der Waals surface area (Å²) in [6.07, 6.45) is 3.73. The molecule has 11 heavy (non-hydrogen) atoms. The van der Waals surface area contributed by atoms with Crippen LogP contribution in [0.25, 0.3) is 0 Å². The normalized spacial score (nSPS) is 11.5. The molecule has 0 heterocycles. The zero-order chi connectivity index (χ0) is 9.28. The highest BCUT2D eigenvalue weighted by molar-refractivity contribution is 9.69. The minimum atomic E-state index is -0.701. The van der Waals surface area contributed by atoms with Crippen molar-refractivity contribution in [1.82, 2.24) is 0 Å². The van der Waals surface area contributed by atoms with Crippen LogP contribution in [-0.2, 0) is 0 Å². The molecule has 0 nitrogen and oxygen atoms in total. The first-order chi connectivity index (χ1) is 5.04. The zero-order valence-corrected chi connectivity index (χ0v) is 13.0. The van der Waals surface area contributed by atoms with Crippen LogP contribution in [0.4, 0.5) is 0 Å². The molecule has 0 rings (SSSR count). The Morgan fingerprint density at radius 1 is 1.36 bits per heavy atom. The predicted molar refractivity (Wildman–Crippen MR) is 66.6 cm³/mol. The maximum Gasteiger partial charge on any atom is 0.542 e. The first-order valence-electron chi connectivity index (χ1n) is 3.76. The van der Waals surface area contributed by atoms with E-state index >= 15 is 0 Å². The first-order valence-corrected chi connectivity index (χ1v) is 13.3. The number of halogens is 3. The highest BCUT2D eigenvalue weighted by atomic mass is 80.0. The largest absolute Gasteiger partial charge is 0.542 e. The van der Waals surface area contributed by atoms with Gasteiger partial charge in [-0.2, -0.15) is 42.2 Å². The van der Waals surface area contributed by atoms with Crippen molar-refractivity contribution in [2.24, 2.45) is 5.92 Å². The van der Waals surface area contributed by atoms with Gasteiger partial charge in [0.2, 0.25) is 0 Å². The molecule has 4 heteroatoms. The Hall–Kier alpha value is 1.97. The molecule has 0 N–H and O–H groups in total. The van der Waals surface area contributed by atoms with E-state index < -0.39 is 8.67 Å². The first kappa shape index (κ1) is 15.4. The molecule has 67 valence electrons. The lowest BCUT2D eigenvalue weighted by Gasteiger charge is -2.02. The van der Waals surface area contributed by atoms with E-state index in [0.717, 1.165) is 12.3 Å². The third-order valence-electron chi connectivity index (χ3n) is 1.27. The van der Waals surface area contributed by atoms with Crippen LogP contribution >= 0.6 is 42.2 Å². The topological polar surface area (TPSA) is 0 Å². The highest BCUT2D eigenvalue weighted by Gasteiger charge is 1.95. The molecule has 0 aliphatic heterocycles. The summed E-state index contributed by atoms with van der Waals surface area (Å²) in [4.78, 5) is 0. The maximum atomic E-state index is 3.80. The number of hydrogen-bond donors (Lipinski definition) is 0. The molecule has 0 aliphatic rings. The molecule has 0 spiro atoms. The SMILES string of the molecule is [Br][Al]([Br])[Br].[CH2]CC(C)CCC. The van der Waals surface area contributed by atoms with E-state index in [2.05, 4.69) is 62.9 Å². The van der Waals surface area contributed by atoms with E-state index in [9.17, 15) is 0 Å². The fourth-order valence-electron chi connectivity index (χ4n) is 0.637. The molecule has 1 atom stereocenters. The lowest BCUT2D eigenvalue weighted by atomic mass is 10.0. The fourth-order valence-corrected chi connectivity index (χ4v) is 0.637. The minimum absolute atomic E-state index is 0.701. The van der Waals surface area contributed by atoms with Gasteiger partial charge in [-0.3, -0.25) is 0 Å². The molecular weight excluding hydrogens is 351 g/mol. The summed E-state index contributed by atoms with van der Waals surface area (Å²) >= 11 is 9.73. The Labute approximate surface area is 95.9 Å². The average molecular weight is 366 g/mol. The molecule has 0 saturated heterocycles. The molecule has 0 aliphatic carbocycles. The van der Waals surface area contributed by atoms with E-state index in [0.29, 0.717) is 0 Å². The van der Waals surface area contributed by atoms with Gasteiger partial charge >= 0.3 is 8.67 Å². The molecule has 0 aromatic heterocycles. The molecule has 1 unspecified atom stereocenters. The van der Waals surface area contributed by atoms with Gasteiger partial charge in [0, 0.05) is 0 Å². The second kappa shape index (κ2) is 12.0. The van der Waals surface area contributed by atoms with E-state index in [1.54, 1.807) is 0 Å². The van der Waals surface area contributed by atoms with Gasteiger partial charge in [-0.15, -0.1) is 0 Å². The van der Waals surface area contributed by atoms with E-state index in [-0.39, 0.29) is 0 Å². The minimum Gasteiger partial charge on any atom is -0.181 e. The highest BCUT2D eigenvalue weighted by Crippen LogP contribution is 2.07. The van der Waals surface area contributed by atoms with Crippen molar-refractivity contribution in [2.45, 2.75) is 33.1 Å². The van der Waals surface area contributed by atoms with Crippen LogP contribution in [0.1, 0.15) is 33.1 Å². The summed E-state index contributed by atoms with van der Waals surface area (Å²) < 4.78 is 0. The van der Waals surface area contributed by atoms with Crippen LogP contribution in [-0.4, -0.2) is 8.67 Å². The number of hydrogen-bond acceptors (Lipinski definition) is 0. The smallest absolute Gasteiger partial charge is 0.181 e. The Morgan fingerprint density at radius 2 is 1.73 bits per heavy atom. The van der Waals surface area contributed by atoms with Crippen molar-refractivity contribution >= 4 is 50.8 Å². The summed E-state index contributed by atoms with van der Waals surface area (Å²) in [7, 11) is -0.701. The van der Waals surface area contributed by atoms with Crippen LogP contribution in [0.5, 0.6) is 0 Å². The molecule has 0 aromatic rings. The molecule has 0 amide bonds.